The van der Waals surface area contributed by atoms with Crippen molar-refractivity contribution in [3.63, 3.8) is 0 Å². The summed E-state index contributed by atoms with van der Waals surface area (Å²) >= 11 is 0. The number of ether oxygens (including phenoxy) is 2. The lowest BCUT2D eigenvalue weighted by Crippen LogP contribution is -2.07. The van der Waals surface area contributed by atoms with Crippen LogP contribution in [-0.4, -0.2) is 24.7 Å². The molecule has 0 saturated carbocycles. The Morgan fingerprint density at radius 2 is 2.26 bits per heavy atom. The van der Waals surface area contributed by atoms with E-state index >= 15 is 0 Å². The molecule has 0 fully saturated rings. The van der Waals surface area contributed by atoms with E-state index in [0.29, 0.717) is 18.2 Å². The first-order valence-corrected chi connectivity index (χ1v) is 5.97. The van der Waals surface area contributed by atoms with Gasteiger partial charge < -0.3 is 13.9 Å². The number of rotatable bonds is 5. The monoisotopic (exact) mass is 261 g/mol. The predicted molar refractivity (Wildman–Crippen MR) is 68.8 cm³/mol. The number of carbonyl (C=O) groups excluding carboxylic acids is 1. The van der Waals surface area contributed by atoms with Gasteiger partial charge in [-0.2, -0.15) is 0 Å². The van der Waals surface area contributed by atoms with Crippen molar-refractivity contribution in [3.8, 4) is 17.0 Å². The SMILES string of the molecule is CCOC(=O)Cc1nc(-c2cccc(OC)c2)co1. The largest absolute Gasteiger partial charge is 0.497 e. The number of methoxy groups -OCH3 is 1. The third-order valence-electron chi connectivity index (χ3n) is 2.52. The molecule has 0 amide bonds. The van der Waals surface area contributed by atoms with Crippen LogP contribution < -0.4 is 4.74 Å². The van der Waals surface area contributed by atoms with Crippen LogP contribution in [0.25, 0.3) is 11.3 Å². The molecular weight excluding hydrogens is 246 g/mol. The molecule has 1 aromatic heterocycles. The van der Waals surface area contributed by atoms with E-state index < -0.39 is 0 Å². The molecule has 0 aliphatic rings. The zero-order valence-corrected chi connectivity index (χ0v) is 10.9. The van der Waals surface area contributed by atoms with E-state index in [4.69, 9.17) is 13.9 Å². The van der Waals surface area contributed by atoms with Crippen LogP contribution in [0.15, 0.2) is 34.9 Å². The van der Waals surface area contributed by atoms with Crippen LogP contribution in [0.4, 0.5) is 0 Å². The Bertz CT molecular complexity index is 562. The van der Waals surface area contributed by atoms with Crippen molar-refractivity contribution in [1.82, 2.24) is 4.98 Å². The zero-order chi connectivity index (χ0) is 13.7. The molecular formula is C14H15NO4. The van der Waals surface area contributed by atoms with Crippen LogP contribution in [0.5, 0.6) is 5.75 Å². The number of hydrogen-bond donors (Lipinski definition) is 0. The summed E-state index contributed by atoms with van der Waals surface area (Å²) in [4.78, 5) is 15.6. The fourth-order valence-corrected chi connectivity index (χ4v) is 1.64. The number of hydrogen-bond acceptors (Lipinski definition) is 5. The average Bonchev–Trinajstić information content (AvgIpc) is 2.87. The number of benzene rings is 1. The van der Waals surface area contributed by atoms with E-state index in [1.165, 1.54) is 6.26 Å². The van der Waals surface area contributed by atoms with Crippen molar-refractivity contribution < 1.29 is 18.7 Å². The fraction of sp³-hybridized carbons (Fsp3) is 0.286. The molecule has 0 aliphatic carbocycles. The van der Waals surface area contributed by atoms with Gasteiger partial charge in [-0.15, -0.1) is 0 Å². The van der Waals surface area contributed by atoms with Gasteiger partial charge in [0.05, 0.1) is 13.7 Å². The summed E-state index contributed by atoms with van der Waals surface area (Å²) in [5.41, 5.74) is 1.54. The van der Waals surface area contributed by atoms with E-state index in [1.807, 2.05) is 24.3 Å². The summed E-state index contributed by atoms with van der Waals surface area (Å²) in [5.74, 6) is 0.741. The summed E-state index contributed by atoms with van der Waals surface area (Å²) in [6, 6.07) is 7.47. The zero-order valence-electron chi connectivity index (χ0n) is 10.9. The van der Waals surface area contributed by atoms with Crippen LogP contribution >= 0.6 is 0 Å². The second kappa shape index (κ2) is 6.04. The maximum atomic E-state index is 11.3. The minimum absolute atomic E-state index is 0.0395. The smallest absolute Gasteiger partial charge is 0.315 e. The van der Waals surface area contributed by atoms with Crippen molar-refractivity contribution in [1.29, 1.82) is 0 Å². The van der Waals surface area contributed by atoms with Crippen molar-refractivity contribution >= 4 is 5.97 Å². The lowest BCUT2D eigenvalue weighted by Gasteiger charge is -2.00. The van der Waals surface area contributed by atoms with E-state index in [2.05, 4.69) is 4.98 Å². The highest BCUT2D eigenvalue weighted by Crippen LogP contribution is 2.23. The van der Waals surface area contributed by atoms with Gasteiger partial charge in [-0.3, -0.25) is 4.79 Å². The topological polar surface area (TPSA) is 61.6 Å². The molecule has 0 spiro atoms. The summed E-state index contributed by atoms with van der Waals surface area (Å²) in [5, 5.41) is 0. The molecule has 1 heterocycles. The molecule has 1 aromatic carbocycles. The van der Waals surface area contributed by atoms with E-state index in [9.17, 15) is 4.79 Å². The van der Waals surface area contributed by atoms with Gasteiger partial charge in [0.25, 0.3) is 0 Å². The first kappa shape index (κ1) is 13.1. The third kappa shape index (κ3) is 3.34. The van der Waals surface area contributed by atoms with E-state index in [0.717, 1.165) is 11.3 Å². The van der Waals surface area contributed by atoms with Crippen LogP contribution in [0, 0.1) is 0 Å². The van der Waals surface area contributed by atoms with Crippen LogP contribution in [0.2, 0.25) is 0 Å². The quantitative estimate of drug-likeness (QED) is 0.774. The molecule has 0 saturated heterocycles. The van der Waals surface area contributed by atoms with Crippen LogP contribution in [-0.2, 0) is 16.0 Å². The molecule has 0 atom stereocenters. The Hall–Kier alpha value is -2.30. The Labute approximate surface area is 111 Å². The van der Waals surface area contributed by atoms with Gasteiger partial charge in [0, 0.05) is 5.56 Å². The van der Waals surface area contributed by atoms with E-state index in [1.54, 1.807) is 14.0 Å². The molecule has 0 aliphatic heterocycles. The van der Waals surface area contributed by atoms with Crippen molar-refractivity contribution in [2.45, 2.75) is 13.3 Å². The van der Waals surface area contributed by atoms with Gasteiger partial charge in [0.1, 0.15) is 24.1 Å². The Kier molecular flexibility index (Phi) is 4.18. The highest BCUT2D eigenvalue weighted by Gasteiger charge is 2.11. The number of esters is 1. The Morgan fingerprint density at radius 3 is 3.00 bits per heavy atom. The number of oxazole rings is 1. The molecule has 100 valence electrons. The van der Waals surface area contributed by atoms with Gasteiger partial charge in [0.2, 0.25) is 5.89 Å². The molecule has 5 heteroatoms. The second-order valence-electron chi connectivity index (χ2n) is 3.84. The van der Waals surface area contributed by atoms with Crippen molar-refractivity contribution in [2.75, 3.05) is 13.7 Å². The first-order valence-electron chi connectivity index (χ1n) is 5.97. The Morgan fingerprint density at radius 1 is 1.42 bits per heavy atom. The lowest BCUT2D eigenvalue weighted by molar-refractivity contribution is -0.142. The number of aromatic nitrogens is 1. The van der Waals surface area contributed by atoms with E-state index in [-0.39, 0.29) is 12.4 Å². The number of carbonyl (C=O) groups is 1. The van der Waals surface area contributed by atoms with Crippen molar-refractivity contribution in [3.05, 3.63) is 36.4 Å². The molecule has 0 N–H and O–H groups in total. The highest BCUT2D eigenvalue weighted by atomic mass is 16.5. The average molecular weight is 261 g/mol. The maximum absolute atomic E-state index is 11.3. The normalized spacial score (nSPS) is 10.2. The summed E-state index contributed by atoms with van der Waals surface area (Å²) < 4.78 is 15.2. The summed E-state index contributed by atoms with van der Waals surface area (Å²) in [6.07, 6.45) is 1.56. The molecule has 2 rings (SSSR count). The minimum atomic E-state index is -0.346. The third-order valence-corrected chi connectivity index (χ3v) is 2.52. The molecule has 5 nitrogen and oxygen atoms in total. The van der Waals surface area contributed by atoms with Crippen molar-refractivity contribution in [2.24, 2.45) is 0 Å². The number of nitrogens with zero attached hydrogens (tertiary/aromatic N) is 1. The standard InChI is InChI=1S/C14H15NO4/c1-3-18-14(16)8-13-15-12(9-19-13)10-5-4-6-11(7-10)17-2/h4-7,9H,3,8H2,1-2H3. The molecule has 19 heavy (non-hydrogen) atoms. The summed E-state index contributed by atoms with van der Waals surface area (Å²) in [6.45, 7) is 2.11. The van der Waals surface area contributed by atoms with Gasteiger partial charge in [-0.05, 0) is 19.1 Å². The second-order valence-corrected chi connectivity index (χ2v) is 3.84. The first-order chi connectivity index (χ1) is 9.22. The molecule has 0 unspecified atom stereocenters. The van der Waals surface area contributed by atoms with Crippen LogP contribution in [0.1, 0.15) is 12.8 Å². The van der Waals surface area contributed by atoms with Crippen LogP contribution in [0.3, 0.4) is 0 Å². The lowest BCUT2D eigenvalue weighted by atomic mass is 10.1. The Balaban J connectivity index is 2.13. The van der Waals surface area contributed by atoms with Gasteiger partial charge in [-0.1, -0.05) is 12.1 Å². The highest BCUT2D eigenvalue weighted by molar-refractivity contribution is 5.71. The van der Waals surface area contributed by atoms with Gasteiger partial charge >= 0.3 is 5.97 Å². The van der Waals surface area contributed by atoms with Gasteiger partial charge in [0.15, 0.2) is 0 Å². The predicted octanol–water partition coefficient (Wildman–Crippen LogP) is 2.46. The fourth-order valence-electron chi connectivity index (χ4n) is 1.64. The minimum Gasteiger partial charge on any atom is -0.497 e. The molecule has 0 bridgehead atoms. The molecule has 2 aromatic rings. The summed E-state index contributed by atoms with van der Waals surface area (Å²) in [7, 11) is 1.61. The molecule has 0 radical (unpaired) electrons. The van der Waals surface area contributed by atoms with Gasteiger partial charge in [-0.25, -0.2) is 4.98 Å². The maximum Gasteiger partial charge on any atom is 0.315 e.